The molecule has 9 heteroatoms. The van der Waals surface area contributed by atoms with Crippen molar-refractivity contribution < 1.29 is 9.59 Å². The standard InChI is InChI=1S/C17H28N6O2S/c1-6-17(4)14(24)23(16(25)22-17)9-7-8-19-15(18-5)20-10-13-11(2)21-12(3)26-13/h6-10H2,1-5H3,(H,22,25)(H2,18,19,20). The van der Waals surface area contributed by atoms with E-state index in [1.807, 2.05) is 20.8 Å². The number of nitrogens with zero attached hydrogens (tertiary/aromatic N) is 3. The van der Waals surface area contributed by atoms with Crippen molar-refractivity contribution in [3.05, 3.63) is 15.6 Å². The van der Waals surface area contributed by atoms with Gasteiger partial charge in [-0.25, -0.2) is 9.78 Å². The molecule has 1 saturated heterocycles. The van der Waals surface area contributed by atoms with E-state index in [0.717, 1.165) is 10.7 Å². The number of thiazole rings is 1. The highest BCUT2D eigenvalue weighted by Crippen LogP contribution is 2.20. The zero-order valence-electron chi connectivity index (χ0n) is 16.1. The van der Waals surface area contributed by atoms with E-state index >= 15 is 0 Å². The maximum atomic E-state index is 12.3. The van der Waals surface area contributed by atoms with Gasteiger partial charge in [0.15, 0.2) is 5.96 Å². The van der Waals surface area contributed by atoms with E-state index in [1.54, 1.807) is 25.3 Å². The first-order valence-electron chi connectivity index (χ1n) is 8.82. The van der Waals surface area contributed by atoms with Gasteiger partial charge in [0.25, 0.3) is 5.91 Å². The lowest BCUT2D eigenvalue weighted by molar-refractivity contribution is -0.130. The number of carbonyl (C=O) groups excluding carboxylic acids is 2. The minimum atomic E-state index is -0.771. The predicted octanol–water partition coefficient (Wildman–Crippen LogP) is 1.54. The molecule has 0 bridgehead atoms. The first-order valence-corrected chi connectivity index (χ1v) is 9.64. The molecule has 0 radical (unpaired) electrons. The maximum absolute atomic E-state index is 12.3. The van der Waals surface area contributed by atoms with Gasteiger partial charge in [-0.1, -0.05) is 6.92 Å². The second-order valence-corrected chi connectivity index (χ2v) is 7.81. The molecule has 1 aromatic rings. The molecule has 0 aliphatic carbocycles. The summed E-state index contributed by atoms with van der Waals surface area (Å²) in [6.45, 7) is 9.31. The summed E-state index contributed by atoms with van der Waals surface area (Å²) in [5.74, 6) is 0.537. The number of aliphatic imine (C=N–C) groups is 1. The molecule has 8 nitrogen and oxygen atoms in total. The van der Waals surface area contributed by atoms with Crippen LogP contribution in [0.2, 0.25) is 0 Å². The first-order chi connectivity index (χ1) is 12.3. The summed E-state index contributed by atoms with van der Waals surface area (Å²) in [7, 11) is 1.71. The topological polar surface area (TPSA) is 98.7 Å². The van der Waals surface area contributed by atoms with E-state index in [2.05, 4.69) is 25.9 Å². The summed E-state index contributed by atoms with van der Waals surface area (Å²) >= 11 is 1.67. The molecular formula is C17H28N6O2S. The minimum Gasteiger partial charge on any atom is -0.356 e. The van der Waals surface area contributed by atoms with Crippen molar-refractivity contribution in [1.82, 2.24) is 25.8 Å². The second-order valence-electron chi connectivity index (χ2n) is 6.52. The van der Waals surface area contributed by atoms with Gasteiger partial charge >= 0.3 is 6.03 Å². The molecule has 0 aromatic carbocycles. The van der Waals surface area contributed by atoms with E-state index in [0.29, 0.717) is 38.4 Å². The molecule has 0 saturated carbocycles. The van der Waals surface area contributed by atoms with Crippen molar-refractivity contribution in [3.8, 4) is 0 Å². The number of amides is 3. The highest BCUT2D eigenvalue weighted by atomic mass is 32.1. The Morgan fingerprint density at radius 1 is 1.35 bits per heavy atom. The average Bonchev–Trinajstić information content (AvgIpc) is 3.04. The van der Waals surface area contributed by atoms with Crippen molar-refractivity contribution in [2.75, 3.05) is 20.1 Å². The number of rotatable bonds is 7. The molecule has 2 rings (SSSR count). The van der Waals surface area contributed by atoms with Crippen molar-refractivity contribution >= 4 is 29.2 Å². The zero-order valence-corrected chi connectivity index (χ0v) is 16.9. The molecule has 144 valence electrons. The van der Waals surface area contributed by atoms with Crippen LogP contribution in [-0.2, 0) is 11.3 Å². The average molecular weight is 381 g/mol. The van der Waals surface area contributed by atoms with Crippen molar-refractivity contribution in [2.45, 2.75) is 52.6 Å². The lowest BCUT2D eigenvalue weighted by atomic mass is 9.99. The van der Waals surface area contributed by atoms with Gasteiger partial charge in [0.1, 0.15) is 5.54 Å². The Morgan fingerprint density at radius 3 is 2.62 bits per heavy atom. The molecule has 26 heavy (non-hydrogen) atoms. The van der Waals surface area contributed by atoms with Gasteiger partial charge in [-0.15, -0.1) is 11.3 Å². The molecule has 1 atom stereocenters. The minimum absolute atomic E-state index is 0.149. The normalized spacial score (nSPS) is 20.5. The molecule has 2 heterocycles. The van der Waals surface area contributed by atoms with Gasteiger partial charge in [-0.3, -0.25) is 14.7 Å². The summed E-state index contributed by atoms with van der Waals surface area (Å²) in [6, 6.07) is -0.308. The molecule has 0 spiro atoms. The van der Waals surface area contributed by atoms with Crippen LogP contribution >= 0.6 is 11.3 Å². The lowest BCUT2D eigenvalue weighted by Gasteiger charge is -2.19. The number of carbonyl (C=O) groups is 2. The van der Waals surface area contributed by atoms with Gasteiger partial charge in [-0.2, -0.15) is 0 Å². The Hall–Kier alpha value is -2.16. The van der Waals surface area contributed by atoms with Gasteiger partial charge in [0.05, 0.1) is 17.2 Å². The Bertz CT molecular complexity index is 701. The number of nitrogens with one attached hydrogen (secondary N) is 3. The van der Waals surface area contributed by atoms with Crippen LogP contribution in [0.4, 0.5) is 4.79 Å². The fraction of sp³-hybridized carbons (Fsp3) is 0.647. The summed E-state index contributed by atoms with van der Waals surface area (Å²) in [5.41, 5.74) is 0.264. The summed E-state index contributed by atoms with van der Waals surface area (Å²) in [5, 5.41) is 10.3. The summed E-state index contributed by atoms with van der Waals surface area (Å²) in [4.78, 5) is 35.4. The van der Waals surface area contributed by atoms with Crippen molar-refractivity contribution in [2.24, 2.45) is 4.99 Å². The Morgan fingerprint density at radius 2 is 2.08 bits per heavy atom. The second kappa shape index (κ2) is 8.48. The lowest BCUT2D eigenvalue weighted by Crippen LogP contribution is -2.43. The highest BCUT2D eigenvalue weighted by Gasteiger charge is 2.45. The molecule has 1 aromatic heterocycles. The van der Waals surface area contributed by atoms with E-state index in [-0.39, 0.29) is 11.9 Å². The molecule has 3 N–H and O–H groups in total. The molecule has 1 aliphatic rings. The maximum Gasteiger partial charge on any atom is 0.325 e. The number of imide groups is 1. The van der Waals surface area contributed by atoms with E-state index in [1.165, 1.54) is 9.78 Å². The quantitative estimate of drug-likeness (QED) is 0.288. The third kappa shape index (κ3) is 4.51. The third-order valence-electron chi connectivity index (χ3n) is 4.54. The Balaban J connectivity index is 1.75. The van der Waals surface area contributed by atoms with Gasteiger partial charge < -0.3 is 16.0 Å². The molecule has 1 unspecified atom stereocenters. The number of urea groups is 1. The largest absolute Gasteiger partial charge is 0.356 e. The first kappa shape index (κ1) is 20.2. The van der Waals surface area contributed by atoms with Gasteiger partial charge in [0.2, 0.25) is 0 Å². The number of guanidine groups is 1. The molecular weight excluding hydrogens is 352 g/mol. The van der Waals surface area contributed by atoms with Crippen LogP contribution in [0.3, 0.4) is 0 Å². The number of aryl methyl sites for hydroxylation is 2. The SMILES string of the molecule is CCC1(C)NC(=O)N(CCCNC(=NC)NCc2sc(C)nc2C)C1=O. The fourth-order valence-electron chi connectivity index (χ4n) is 2.76. The van der Waals surface area contributed by atoms with Crippen LogP contribution in [-0.4, -0.2) is 53.5 Å². The van der Waals surface area contributed by atoms with Crippen LogP contribution in [0.1, 0.15) is 42.3 Å². The molecule has 1 fully saturated rings. The molecule has 1 aliphatic heterocycles. The number of hydrogen-bond donors (Lipinski definition) is 3. The summed E-state index contributed by atoms with van der Waals surface area (Å²) < 4.78 is 0. The van der Waals surface area contributed by atoms with Crippen molar-refractivity contribution in [3.63, 3.8) is 0 Å². The monoisotopic (exact) mass is 380 g/mol. The van der Waals surface area contributed by atoms with E-state index in [4.69, 9.17) is 0 Å². The predicted molar refractivity (Wildman–Crippen MR) is 103 cm³/mol. The zero-order chi connectivity index (χ0) is 19.3. The number of aromatic nitrogens is 1. The van der Waals surface area contributed by atoms with Crippen LogP contribution in [0.25, 0.3) is 0 Å². The van der Waals surface area contributed by atoms with Crippen LogP contribution in [0, 0.1) is 13.8 Å². The number of hydrogen-bond acceptors (Lipinski definition) is 5. The van der Waals surface area contributed by atoms with E-state index in [9.17, 15) is 9.59 Å². The molecule has 3 amide bonds. The van der Waals surface area contributed by atoms with Crippen molar-refractivity contribution in [1.29, 1.82) is 0 Å². The van der Waals surface area contributed by atoms with Crippen LogP contribution < -0.4 is 16.0 Å². The Labute approximate surface area is 158 Å². The fourth-order valence-corrected chi connectivity index (χ4v) is 3.63. The third-order valence-corrected chi connectivity index (χ3v) is 5.62. The van der Waals surface area contributed by atoms with E-state index < -0.39 is 5.54 Å². The van der Waals surface area contributed by atoms with Crippen LogP contribution in [0.15, 0.2) is 4.99 Å². The van der Waals surface area contributed by atoms with Gasteiger partial charge in [0, 0.05) is 25.0 Å². The smallest absolute Gasteiger partial charge is 0.325 e. The Kier molecular flexibility index (Phi) is 6.57. The van der Waals surface area contributed by atoms with Gasteiger partial charge in [-0.05, 0) is 33.6 Å². The summed E-state index contributed by atoms with van der Waals surface area (Å²) in [6.07, 6.45) is 1.23. The highest BCUT2D eigenvalue weighted by molar-refractivity contribution is 7.11. The van der Waals surface area contributed by atoms with Crippen LogP contribution in [0.5, 0.6) is 0 Å².